The van der Waals surface area contributed by atoms with Gasteiger partial charge in [0.2, 0.25) is 5.91 Å². The lowest BCUT2D eigenvalue weighted by Crippen LogP contribution is -2.35. The molecule has 1 aliphatic rings. The minimum atomic E-state index is -3.61. The molecular weight excluding hydrogens is 330 g/mol. The number of nitrogens with zero attached hydrogens (tertiary/aromatic N) is 2. The average molecular weight is 347 g/mol. The minimum absolute atomic E-state index is 0.173. The van der Waals surface area contributed by atoms with Gasteiger partial charge in [-0.05, 0) is 31.2 Å². The average Bonchev–Trinajstić information content (AvgIpc) is 3.14. The van der Waals surface area contributed by atoms with Crippen LogP contribution in [0.15, 0.2) is 57.0 Å². The summed E-state index contributed by atoms with van der Waals surface area (Å²) in [7, 11) is -1.96. The molecule has 1 aromatic heterocycles. The van der Waals surface area contributed by atoms with Crippen LogP contribution in [0, 0.1) is 0 Å². The van der Waals surface area contributed by atoms with E-state index in [0.717, 1.165) is 0 Å². The number of sulfonamides is 1. The molecule has 0 saturated heterocycles. The van der Waals surface area contributed by atoms with Crippen LogP contribution < -0.4 is 4.72 Å². The van der Waals surface area contributed by atoms with E-state index >= 15 is 0 Å². The smallest absolute Gasteiger partial charge is 0.263 e. The van der Waals surface area contributed by atoms with Crippen LogP contribution in [-0.4, -0.2) is 38.2 Å². The van der Waals surface area contributed by atoms with Crippen LogP contribution in [-0.2, 0) is 21.4 Å². The van der Waals surface area contributed by atoms with Gasteiger partial charge in [-0.1, -0.05) is 12.1 Å². The number of carbonyl (C=O) groups is 1. The Bertz CT molecular complexity index is 888. The number of likely N-dealkylation sites (N-methyl/N-ethyl adjacent to an activating group) is 1. The van der Waals surface area contributed by atoms with Crippen LogP contribution in [0.3, 0.4) is 0 Å². The van der Waals surface area contributed by atoms with Gasteiger partial charge in [0.05, 0.1) is 17.7 Å². The van der Waals surface area contributed by atoms with Gasteiger partial charge in [0.25, 0.3) is 10.0 Å². The van der Waals surface area contributed by atoms with Crippen molar-refractivity contribution in [3.8, 4) is 0 Å². The molecule has 1 amide bonds. The Morgan fingerprint density at radius 3 is 2.75 bits per heavy atom. The summed E-state index contributed by atoms with van der Waals surface area (Å²) in [6, 6.07) is 9.35. The summed E-state index contributed by atoms with van der Waals surface area (Å²) in [6.07, 6.45) is 1.54. The number of carbonyl (C=O) groups excluding carboxylic acids is 1. The number of benzene rings is 1. The van der Waals surface area contributed by atoms with Crippen molar-refractivity contribution in [2.75, 3.05) is 7.05 Å². The van der Waals surface area contributed by atoms with Gasteiger partial charge in [-0.15, -0.1) is 0 Å². The van der Waals surface area contributed by atoms with Crippen LogP contribution in [0.25, 0.3) is 0 Å². The van der Waals surface area contributed by atoms with E-state index in [4.69, 9.17) is 4.42 Å². The second-order valence-corrected chi connectivity index (χ2v) is 7.18. The van der Waals surface area contributed by atoms with Gasteiger partial charge < -0.3 is 9.32 Å². The molecule has 1 atom stereocenters. The molecule has 0 saturated carbocycles. The van der Waals surface area contributed by atoms with E-state index in [0.29, 0.717) is 17.9 Å². The zero-order chi connectivity index (χ0) is 17.3. The summed E-state index contributed by atoms with van der Waals surface area (Å²) in [5, 5.41) is 0. The van der Waals surface area contributed by atoms with Gasteiger partial charge in [0.15, 0.2) is 0 Å². The third-order valence-electron chi connectivity index (χ3n) is 3.69. The second-order valence-electron chi connectivity index (χ2n) is 5.53. The molecule has 0 unspecified atom stereocenters. The molecule has 7 nitrogen and oxygen atoms in total. The maximum Gasteiger partial charge on any atom is 0.263 e. The SMILES string of the molecule is C[C@@H](N=C1NS(=O)(=O)c2ccccc21)C(=O)N(C)Cc1ccco1. The molecular formula is C16H17N3O4S. The lowest BCUT2D eigenvalue weighted by molar-refractivity contribution is -0.131. The van der Waals surface area contributed by atoms with Crippen molar-refractivity contribution in [1.82, 2.24) is 9.62 Å². The zero-order valence-electron chi connectivity index (χ0n) is 13.3. The Kier molecular flexibility index (Phi) is 4.15. The minimum Gasteiger partial charge on any atom is -0.467 e. The van der Waals surface area contributed by atoms with Gasteiger partial charge in [0, 0.05) is 12.6 Å². The number of furan rings is 1. The fraction of sp³-hybridized carbons (Fsp3) is 0.250. The third-order valence-corrected chi connectivity index (χ3v) is 5.09. The first-order chi connectivity index (χ1) is 11.4. The van der Waals surface area contributed by atoms with Gasteiger partial charge in [-0.3, -0.25) is 14.5 Å². The summed E-state index contributed by atoms with van der Waals surface area (Å²) >= 11 is 0. The van der Waals surface area contributed by atoms with E-state index in [1.165, 1.54) is 11.0 Å². The molecule has 0 bridgehead atoms. The summed E-state index contributed by atoms with van der Waals surface area (Å²) in [6.45, 7) is 1.95. The number of aliphatic imine (C=N–C) groups is 1. The van der Waals surface area contributed by atoms with E-state index in [2.05, 4.69) is 9.71 Å². The zero-order valence-corrected chi connectivity index (χ0v) is 14.1. The molecule has 1 aliphatic heterocycles. The van der Waals surface area contributed by atoms with E-state index < -0.39 is 16.1 Å². The monoisotopic (exact) mass is 347 g/mol. The van der Waals surface area contributed by atoms with Crippen molar-refractivity contribution in [3.63, 3.8) is 0 Å². The molecule has 2 heterocycles. The predicted molar refractivity (Wildman–Crippen MR) is 87.9 cm³/mol. The van der Waals surface area contributed by atoms with Gasteiger partial charge in [0.1, 0.15) is 17.6 Å². The third kappa shape index (κ3) is 3.05. The molecule has 1 N–H and O–H groups in total. The highest BCUT2D eigenvalue weighted by atomic mass is 32.2. The predicted octanol–water partition coefficient (Wildman–Crippen LogP) is 1.37. The van der Waals surface area contributed by atoms with Crippen molar-refractivity contribution < 1.29 is 17.6 Å². The fourth-order valence-corrected chi connectivity index (χ4v) is 3.75. The number of rotatable bonds is 4. The first-order valence-electron chi connectivity index (χ1n) is 7.36. The van der Waals surface area contributed by atoms with Crippen LogP contribution in [0.2, 0.25) is 0 Å². The number of hydrogen-bond acceptors (Lipinski definition) is 5. The first-order valence-corrected chi connectivity index (χ1v) is 8.84. The van der Waals surface area contributed by atoms with Crippen molar-refractivity contribution in [1.29, 1.82) is 0 Å². The lowest BCUT2D eigenvalue weighted by Gasteiger charge is -2.18. The second kappa shape index (κ2) is 6.12. The molecule has 0 radical (unpaired) electrons. The maximum atomic E-state index is 12.4. The van der Waals surface area contributed by atoms with Gasteiger partial charge in [-0.25, -0.2) is 8.42 Å². The van der Waals surface area contributed by atoms with Crippen molar-refractivity contribution in [3.05, 3.63) is 54.0 Å². The normalized spacial score (nSPS) is 18.0. The molecule has 126 valence electrons. The number of hydrogen-bond donors (Lipinski definition) is 1. The molecule has 1 aromatic carbocycles. The highest BCUT2D eigenvalue weighted by Crippen LogP contribution is 2.22. The summed E-state index contributed by atoms with van der Waals surface area (Å²) in [4.78, 5) is 18.4. The van der Waals surface area contributed by atoms with E-state index in [1.54, 1.807) is 50.6 Å². The molecule has 0 spiro atoms. The molecule has 8 heteroatoms. The van der Waals surface area contributed by atoms with Crippen LogP contribution >= 0.6 is 0 Å². The summed E-state index contributed by atoms with van der Waals surface area (Å²) in [5.41, 5.74) is 0.478. The quantitative estimate of drug-likeness (QED) is 0.904. The summed E-state index contributed by atoms with van der Waals surface area (Å²) < 4.78 is 31.7. The molecule has 2 aromatic rings. The van der Waals surface area contributed by atoms with E-state index in [1.807, 2.05) is 0 Å². The van der Waals surface area contributed by atoms with Crippen LogP contribution in [0.4, 0.5) is 0 Å². The first kappa shape index (κ1) is 16.3. The van der Waals surface area contributed by atoms with E-state index in [9.17, 15) is 13.2 Å². The van der Waals surface area contributed by atoms with Crippen LogP contribution in [0.1, 0.15) is 18.2 Å². The Hall–Kier alpha value is -2.61. The molecule has 24 heavy (non-hydrogen) atoms. The Balaban J connectivity index is 1.80. The largest absolute Gasteiger partial charge is 0.467 e. The number of amides is 1. The fourth-order valence-electron chi connectivity index (χ4n) is 2.51. The van der Waals surface area contributed by atoms with Gasteiger partial charge >= 0.3 is 0 Å². The Morgan fingerprint density at radius 1 is 1.29 bits per heavy atom. The van der Waals surface area contributed by atoms with Gasteiger partial charge in [-0.2, -0.15) is 0 Å². The lowest BCUT2D eigenvalue weighted by atomic mass is 10.2. The van der Waals surface area contributed by atoms with Crippen molar-refractivity contribution >= 4 is 21.8 Å². The maximum absolute atomic E-state index is 12.4. The van der Waals surface area contributed by atoms with E-state index in [-0.39, 0.29) is 16.6 Å². The number of fused-ring (bicyclic) bond motifs is 1. The Labute approximate surface area is 140 Å². The highest BCUT2D eigenvalue weighted by molar-refractivity contribution is 7.90. The topological polar surface area (TPSA) is 92.0 Å². The highest BCUT2D eigenvalue weighted by Gasteiger charge is 2.31. The van der Waals surface area contributed by atoms with Crippen LogP contribution in [0.5, 0.6) is 0 Å². The number of amidine groups is 1. The molecule has 3 rings (SSSR count). The number of nitrogens with one attached hydrogen (secondary N) is 1. The standard InChI is InChI=1S/C16H17N3O4S/c1-11(16(20)19(2)10-12-6-5-9-23-12)17-15-13-7-3-4-8-14(13)24(21,22)18-15/h3-9,11H,10H2,1-2H3,(H,17,18)/t11-/m1/s1. The summed E-state index contributed by atoms with van der Waals surface area (Å²) in [5.74, 6) is 0.623. The molecule has 0 fully saturated rings. The molecule has 0 aliphatic carbocycles. The van der Waals surface area contributed by atoms with Crippen molar-refractivity contribution in [2.24, 2.45) is 4.99 Å². The Morgan fingerprint density at radius 2 is 2.04 bits per heavy atom. The van der Waals surface area contributed by atoms with Crippen molar-refractivity contribution in [2.45, 2.75) is 24.4 Å².